The molecule has 0 aliphatic rings. The van der Waals surface area contributed by atoms with E-state index in [-0.39, 0.29) is 5.56 Å². The summed E-state index contributed by atoms with van der Waals surface area (Å²) in [6.45, 7) is 2.80. The van der Waals surface area contributed by atoms with Gasteiger partial charge in [0.1, 0.15) is 11.4 Å². The number of nitrogens with two attached hydrogens (primary N) is 1. The Hall–Kier alpha value is -3.41. The van der Waals surface area contributed by atoms with Crippen LogP contribution in [0.3, 0.4) is 0 Å². The van der Waals surface area contributed by atoms with Crippen LogP contribution in [0.1, 0.15) is 28.8 Å². The topological polar surface area (TPSA) is 92.9 Å². The van der Waals surface area contributed by atoms with Crippen molar-refractivity contribution in [3.05, 3.63) is 78.0 Å². The van der Waals surface area contributed by atoms with Crippen molar-refractivity contribution in [1.82, 2.24) is 9.97 Å². The average molecular weight is 347 g/mol. The summed E-state index contributed by atoms with van der Waals surface area (Å²) >= 11 is 0. The second kappa shape index (κ2) is 8.11. The van der Waals surface area contributed by atoms with Gasteiger partial charge in [-0.2, -0.15) is 4.98 Å². The third-order valence-corrected chi connectivity index (χ3v) is 4.03. The number of anilines is 3. The first-order valence-corrected chi connectivity index (χ1v) is 8.41. The summed E-state index contributed by atoms with van der Waals surface area (Å²) in [6, 6.07) is 19.7. The van der Waals surface area contributed by atoms with Gasteiger partial charge in [0, 0.05) is 18.4 Å². The minimum absolute atomic E-state index is 0.246. The molecule has 1 heterocycles. The van der Waals surface area contributed by atoms with Crippen LogP contribution in [-0.4, -0.2) is 22.4 Å². The maximum Gasteiger partial charge on any atom is 0.254 e. The van der Waals surface area contributed by atoms with Crippen molar-refractivity contribution in [3.8, 4) is 0 Å². The van der Waals surface area contributed by atoms with Crippen molar-refractivity contribution in [2.75, 3.05) is 17.2 Å². The molecule has 0 fully saturated rings. The molecule has 1 atom stereocenters. The quantitative estimate of drug-likeness (QED) is 0.608. The SMILES string of the molecule is CC(CNc1ncc(C(N)=O)c(Nc2ccccc2)n1)c1ccccc1. The molecule has 3 rings (SSSR count). The zero-order chi connectivity index (χ0) is 18.4. The molecule has 0 spiro atoms. The van der Waals surface area contributed by atoms with E-state index >= 15 is 0 Å². The zero-order valence-electron chi connectivity index (χ0n) is 14.5. The van der Waals surface area contributed by atoms with Gasteiger partial charge >= 0.3 is 0 Å². The number of nitrogens with zero attached hydrogens (tertiary/aromatic N) is 2. The van der Waals surface area contributed by atoms with Crippen molar-refractivity contribution < 1.29 is 4.79 Å². The van der Waals surface area contributed by atoms with Gasteiger partial charge in [-0.25, -0.2) is 4.98 Å². The molecular formula is C20H21N5O. The summed E-state index contributed by atoms with van der Waals surface area (Å²) in [5, 5.41) is 6.34. The predicted molar refractivity (Wildman–Crippen MR) is 104 cm³/mol. The Bertz CT molecular complexity index is 868. The fourth-order valence-corrected chi connectivity index (χ4v) is 2.54. The van der Waals surface area contributed by atoms with Gasteiger partial charge in [-0.3, -0.25) is 4.79 Å². The lowest BCUT2D eigenvalue weighted by Crippen LogP contribution is -2.17. The van der Waals surface area contributed by atoms with E-state index in [4.69, 9.17) is 5.73 Å². The van der Waals surface area contributed by atoms with E-state index in [0.717, 1.165) is 5.69 Å². The molecule has 6 heteroatoms. The highest BCUT2D eigenvalue weighted by Gasteiger charge is 2.13. The van der Waals surface area contributed by atoms with Gasteiger partial charge in [0.05, 0.1) is 0 Å². The summed E-state index contributed by atoms with van der Waals surface area (Å²) in [4.78, 5) is 20.3. The third kappa shape index (κ3) is 4.36. The summed E-state index contributed by atoms with van der Waals surface area (Å²) in [5.41, 5.74) is 7.73. The molecule has 1 aromatic heterocycles. The second-order valence-electron chi connectivity index (χ2n) is 6.00. The normalized spacial score (nSPS) is 11.6. The molecule has 0 saturated heterocycles. The molecule has 26 heavy (non-hydrogen) atoms. The summed E-state index contributed by atoms with van der Waals surface area (Å²) < 4.78 is 0. The van der Waals surface area contributed by atoms with Gasteiger partial charge in [-0.1, -0.05) is 55.5 Å². The van der Waals surface area contributed by atoms with Gasteiger partial charge in [-0.15, -0.1) is 0 Å². The Labute approximate surface area is 152 Å². The second-order valence-corrected chi connectivity index (χ2v) is 6.00. The molecule has 0 bridgehead atoms. The Morgan fingerprint density at radius 3 is 2.38 bits per heavy atom. The first-order chi connectivity index (χ1) is 12.6. The third-order valence-electron chi connectivity index (χ3n) is 4.03. The molecule has 0 radical (unpaired) electrons. The van der Waals surface area contributed by atoms with Crippen LogP contribution in [0, 0.1) is 0 Å². The van der Waals surface area contributed by atoms with Gasteiger partial charge in [0.25, 0.3) is 5.91 Å². The number of amides is 1. The predicted octanol–water partition coefficient (Wildman–Crippen LogP) is 3.53. The molecule has 3 aromatic rings. The van der Waals surface area contributed by atoms with E-state index in [1.807, 2.05) is 48.5 Å². The molecule has 132 valence electrons. The summed E-state index contributed by atoms with van der Waals surface area (Å²) in [7, 11) is 0. The summed E-state index contributed by atoms with van der Waals surface area (Å²) in [5.74, 6) is 0.540. The van der Waals surface area contributed by atoms with Crippen LogP contribution in [0.15, 0.2) is 66.9 Å². The highest BCUT2D eigenvalue weighted by Crippen LogP contribution is 2.20. The molecular weight excluding hydrogens is 326 g/mol. The Balaban J connectivity index is 1.76. The van der Waals surface area contributed by atoms with Crippen molar-refractivity contribution in [2.45, 2.75) is 12.8 Å². The number of aromatic nitrogens is 2. The summed E-state index contributed by atoms with van der Waals surface area (Å²) in [6.07, 6.45) is 1.44. The number of nitrogens with one attached hydrogen (secondary N) is 2. The average Bonchev–Trinajstić information content (AvgIpc) is 2.67. The molecule has 4 N–H and O–H groups in total. The number of para-hydroxylation sites is 1. The molecule has 1 unspecified atom stereocenters. The lowest BCUT2D eigenvalue weighted by atomic mass is 10.0. The van der Waals surface area contributed by atoms with E-state index in [2.05, 4.69) is 39.7 Å². The van der Waals surface area contributed by atoms with E-state index < -0.39 is 5.91 Å². The molecule has 1 amide bonds. The van der Waals surface area contributed by atoms with Crippen LogP contribution in [0.4, 0.5) is 17.5 Å². The van der Waals surface area contributed by atoms with E-state index in [1.165, 1.54) is 11.8 Å². The number of benzene rings is 2. The van der Waals surface area contributed by atoms with Crippen LogP contribution >= 0.6 is 0 Å². The number of rotatable bonds is 7. The van der Waals surface area contributed by atoms with Crippen molar-refractivity contribution in [2.24, 2.45) is 5.73 Å². The fraction of sp³-hybridized carbons (Fsp3) is 0.150. The molecule has 6 nitrogen and oxygen atoms in total. The van der Waals surface area contributed by atoms with Gasteiger partial charge in [0.15, 0.2) is 0 Å². The van der Waals surface area contributed by atoms with Crippen LogP contribution in [0.25, 0.3) is 0 Å². The van der Waals surface area contributed by atoms with Crippen LogP contribution in [-0.2, 0) is 0 Å². The smallest absolute Gasteiger partial charge is 0.254 e. The number of hydrogen-bond acceptors (Lipinski definition) is 5. The molecule has 0 aliphatic carbocycles. The van der Waals surface area contributed by atoms with E-state index in [1.54, 1.807) is 0 Å². The fourth-order valence-electron chi connectivity index (χ4n) is 2.54. The monoisotopic (exact) mass is 347 g/mol. The number of hydrogen-bond donors (Lipinski definition) is 3. The lowest BCUT2D eigenvalue weighted by molar-refractivity contribution is 0.100. The maximum absolute atomic E-state index is 11.7. The largest absolute Gasteiger partial charge is 0.365 e. The van der Waals surface area contributed by atoms with Gasteiger partial charge in [0.2, 0.25) is 5.95 Å². The number of carbonyl (C=O) groups excluding carboxylic acids is 1. The highest BCUT2D eigenvalue weighted by molar-refractivity contribution is 5.98. The number of primary amides is 1. The standard InChI is InChI=1S/C20H21N5O/c1-14(15-8-4-2-5-9-15)12-22-20-23-13-17(18(21)26)19(25-20)24-16-10-6-3-7-11-16/h2-11,13-14H,12H2,1H3,(H2,21,26)(H2,22,23,24,25). The first-order valence-electron chi connectivity index (χ1n) is 8.41. The van der Waals surface area contributed by atoms with Crippen LogP contribution in [0.5, 0.6) is 0 Å². The van der Waals surface area contributed by atoms with Crippen molar-refractivity contribution in [1.29, 1.82) is 0 Å². The van der Waals surface area contributed by atoms with Crippen molar-refractivity contribution in [3.63, 3.8) is 0 Å². The molecule has 0 saturated carbocycles. The molecule has 2 aromatic carbocycles. The Morgan fingerprint density at radius 2 is 1.73 bits per heavy atom. The Morgan fingerprint density at radius 1 is 1.08 bits per heavy atom. The van der Waals surface area contributed by atoms with E-state index in [9.17, 15) is 4.79 Å². The maximum atomic E-state index is 11.7. The lowest BCUT2D eigenvalue weighted by Gasteiger charge is -2.14. The molecule has 0 aliphatic heterocycles. The minimum Gasteiger partial charge on any atom is -0.365 e. The highest BCUT2D eigenvalue weighted by atomic mass is 16.1. The minimum atomic E-state index is -0.576. The first kappa shape index (κ1) is 17.4. The van der Waals surface area contributed by atoms with Crippen LogP contribution in [0.2, 0.25) is 0 Å². The van der Waals surface area contributed by atoms with Gasteiger partial charge < -0.3 is 16.4 Å². The van der Waals surface area contributed by atoms with Crippen LogP contribution < -0.4 is 16.4 Å². The van der Waals surface area contributed by atoms with E-state index in [0.29, 0.717) is 24.2 Å². The zero-order valence-corrected chi connectivity index (χ0v) is 14.5. The van der Waals surface area contributed by atoms with Gasteiger partial charge in [-0.05, 0) is 23.6 Å². The Kier molecular flexibility index (Phi) is 5.43. The van der Waals surface area contributed by atoms with Crippen molar-refractivity contribution >= 4 is 23.4 Å². The number of carbonyl (C=O) groups is 1.